The van der Waals surface area contributed by atoms with Gasteiger partial charge in [-0.15, -0.1) is 0 Å². The van der Waals surface area contributed by atoms with E-state index in [2.05, 4.69) is 0 Å². The van der Waals surface area contributed by atoms with Gasteiger partial charge >= 0.3 is 15.7 Å². The molecule has 2 heterocycles. The molecule has 1 saturated carbocycles. The average Bonchev–Trinajstić information content (AvgIpc) is 3.46. The maximum atomic E-state index is 13.2. The van der Waals surface area contributed by atoms with Crippen molar-refractivity contribution in [3.63, 3.8) is 0 Å². The predicted octanol–water partition coefficient (Wildman–Crippen LogP) is 3.24. The van der Waals surface area contributed by atoms with Gasteiger partial charge in [-0.3, -0.25) is 4.79 Å². The van der Waals surface area contributed by atoms with E-state index in [1.807, 2.05) is 6.92 Å². The second-order valence-corrected chi connectivity index (χ2v) is 8.88. The van der Waals surface area contributed by atoms with Crippen molar-refractivity contribution in [1.82, 2.24) is 4.57 Å². The number of hydrogen-bond donors (Lipinski definition) is 0. The number of benzene rings is 1. The lowest BCUT2D eigenvalue weighted by Gasteiger charge is -2.15. The molecule has 1 aliphatic rings. The van der Waals surface area contributed by atoms with Gasteiger partial charge in [-0.25, -0.2) is 4.79 Å². The molecule has 0 atom stereocenters. The van der Waals surface area contributed by atoms with Gasteiger partial charge in [0.1, 0.15) is 15.9 Å². The molecule has 0 spiro atoms. The van der Waals surface area contributed by atoms with Gasteiger partial charge in [0, 0.05) is 17.8 Å². The van der Waals surface area contributed by atoms with Crippen LogP contribution in [0.5, 0.6) is 5.75 Å². The van der Waals surface area contributed by atoms with Gasteiger partial charge in [0.2, 0.25) is 0 Å². The van der Waals surface area contributed by atoms with E-state index in [1.54, 1.807) is 36.6 Å². The molecule has 0 unspecified atom stereocenters. The minimum absolute atomic E-state index is 0.0189. The fourth-order valence-corrected chi connectivity index (χ4v) is 4.43. The van der Waals surface area contributed by atoms with E-state index in [0.29, 0.717) is 5.69 Å². The van der Waals surface area contributed by atoms with Crippen LogP contribution in [-0.4, -0.2) is 13.0 Å². The number of fused-ring (bicyclic) bond motifs is 1. The summed E-state index contributed by atoms with van der Waals surface area (Å²) >= 11 is 0. The lowest BCUT2D eigenvalue weighted by Crippen LogP contribution is -2.25. The molecule has 2 aromatic heterocycles. The van der Waals surface area contributed by atoms with Crippen LogP contribution in [0.3, 0.4) is 0 Å². The minimum atomic E-state index is -4.24. The van der Waals surface area contributed by atoms with Gasteiger partial charge in [0.05, 0.1) is 5.56 Å². The Bertz CT molecular complexity index is 1330. The van der Waals surface area contributed by atoms with Crippen molar-refractivity contribution in [2.75, 3.05) is 0 Å². The van der Waals surface area contributed by atoms with Crippen molar-refractivity contribution >= 4 is 21.1 Å². The van der Waals surface area contributed by atoms with Crippen LogP contribution in [-0.2, 0) is 16.5 Å². The molecule has 0 saturated heterocycles. The first-order valence-corrected chi connectivity index (χ1v) is 10.9. The number of aromatic nitrogens is 1. The highest BCUT2D eigenvalue weighted by Gasteiger charge is 2.30. The minimum Gasteiger partial charge on any atom is -0.422 e. The maximum Gasteiger partial charge on any atom is 0.343 e. The smallest absolute Gasteiger partial charge is 0.343 e. The molecule has 1 fully saturated rings. The van der Waals surface area contributed by atoms with Crippen LogP contribution in [0.15, 0.2) is 49.2 Å². The number of rotatable bonds is 5. The second kappa shape index (κ2) is 6.88. The Morgan fingerprint density at radius 1 is 1.14 bits per heavy atom. The van der Waals surface area contributed by atoms with Crippen molar-refractivity contribution in [1.29, 1.82) is 0 Å². The third-order valence-electron chi connectivity index (χ3n) is 5.12. The van der Waals surface area contributed by atoms with Crippen molar-refractivity contribution in [3.05, 3.63) is 67.9 Å². The summed E-state index contributed by atoms with van der Waals surface area (Å²) < 4.78 is 38.1. The predicted molar refractivity (Wildman–Crippen MR) is 108 cm³/mol. The van der Waals surface area contributed by atoms with Gasteiger partial charge in [-0.05, 0) is 45.2 Å². The summed E-state index contributed by atoms with van der Waals surface area (Å²) in [6.07, 6.45) is 1.91. The summed E-state index contributed by atoms with van der Waals surface area (Å²) in [4.78, 5) is 25.6. The van der Waals surface area contributed by atoms with E-state index < -0.39 is 21.3 Å². The first-order valence-electron chi connectivity index (χ1n) is 9.46. The van der Waals surface area contributed by atoms with Crippen LogP contribution in [0.2, 0.25) is 0 Å². The normalized spacial score (nSPS) is 14.3. The van der Waals surface area contributed by atoms with Gasteiger partial charge in [0.15, 0.2) is 5.75 Å². The second-order valence-electron chi connectivity index (χ2n) is 7.33. The van der Waals surface area contributed by atoms with Crippen molar-refractivity contribution < 1.29 is 17.0 Å². The van der Waals surface area contributed by atoms with Gasteiger partial charge in [-0.2, -0.15) is 8.42 Å². The number of pyridine rings is 1. The van der Waals surface area contributed by atoms with Gasteiger partial charge in [0.25, 0.3) is 5.56 Å². The SMILES string of the molecule is CCc1c(OS(=O)(=O)c2ccc(C)cc2)c2c(=O)n(C3CC3)c(C)cc2oc1=O. The van der Waals surface area contributed by atoms with E-state index in [0.717, 1.165) is 18.4 Å². The van der Waals surface area contributed by atoms with Crippen LogP contribution >= 0.6 is 0 Å². The summed E-state index contributed by atoms with van der Waals surface area (Å²) in [5.41, 5.74) is 0.487. The molecule has 1 aliphatic carbocycles. The molecule has 4 rings (SSSR count). The summed E-state index contributed by atoms with van der Waals surface area (Å²) in [7, 11) is -4.24. The Morgan fingerprint density at radius 3 is 2.38 bits per heavy atom. The van der Waals surface area contributed by atoms with Gasteiger partial charge in [-0.1, -0.05) is 24.6 Å². The summed E-state index contributed by atoms with van der Waals surface area (Å²) in [6.45, 7) is 5.28. The average molecular weight is 415 g/mol. The Morgan fingerprint density at radius 2 is 1.79 bits per heavy atom. The molecule has 29 heavy (non-hydrogen) atoms. The molecule has 1 aromatic carbocycles. The van der Waals surface area contributed by atoms with Crippen molar-refractivity contribution in [2.24, 2.45) is 0 Å². The molecule has 0 aliphatic heterocycles. The van der Waals surface area contributed by atoms with Crippen LogP contribution in [0.4, 0.5) is 0 Å². The Hall–Kier alpha value is -2.87. The first-order chi connectivity index (χ1) is 13.7. The molecule has 8 heteroatoms. The fourth-order valence-electron chi connectivity index (χ4n) is 3.46. The van der Waals surface area contributed by atoms with Crippen molar-refractivity contribution in [3.8, 4) is 5.75 Å². The molecule has 0 N–H and O–H groups in total. The Balaban J connectivity index is 1.99. The highest BCUT2D eigenvalue weighted by molar-refractivity contribution is 7.87. The summed E-state index contributed by atoms with van der Waals surface area (Å²) in [5, 5.41) is -0.0189. The quantitative estimate of drug-likeness (QED) is 0.594. The molecule has 0 amide bonds. The molecule has 152 valence electrons. The zero-order valence-corrected chi connectivity index (χ0v) is 17.2. The maximum absolute atomic E-state index is 13.2. The van der Waals surface area contributed by atoms with Crippen LogP contribution < -0.4 is 15.4 Å². The molecule has 3 aromatic rings. The number of nitrogens with zero attached hydrogens (tertiary/aromatic N) is 1. The molecule has 0 radical (unpaired) electrons. The molecular formula is C21H21NO6S. The highest BCUT2D eigenvalue weighted by atomic mass is 32.2. The van der Waals surface area contributed by atoms with Crippen LogP contribution in [0.1, 0.15) is 42.6 Å². The number of hydrogen-bond acceptors (Lipinski definition) is 6. The zero-order valence-electron chi connectivity index (χ0n) is 16.4. The van der Waals surface area contributed by atoms with Crippen molar-refractivity contribution in [2.45, 2.75) is 51.0 Å². The fraction of sp³-hybridized carbons (Fsp3) is 0.333. The third-order valence-corrected chi connectivity index (χ3v) is 6.35. The molecule has 0 bridgehead atoms. The number of aryl methyl sites for hydroxylation is 2. The standard InChI is InChI=1S/C21H21NO6S/c1-4-16-19(28-29(25,26)15-9-5-12(2)6-10-15)18-17(27-21(16)24)11-13(3)22(20(18)23)14-7-8-14/h5-6,9-11,14H,4,7-8H2,1-3H3. The van der Waals surface area contributed by atoms with E-state index in [4.69, 9.17) is 8.60 Å². The lowest BCUT2D eigenvalue weighted by atomic mass is 10.1. The lowest BCUT2D eigenvalue weighted by molar-refractivity contribution is 0.475. The first kappa shape index (κ1) is 19.4. The van der Waals surface area contributed by atoms with E-state index >= 15 is 0 Å². The summed E-state index contributed by atoms with van der Waals surface area (Å²) in [5.74, 6) is -0.237. The third kappa shape index (κ3) is 3.37. The Kier molecular flexibility index (Phi) is 4.61. The zero-order chi connectivity index (χ0) is 20.9. The van der Waals surface area contributed by atoms with E-state index in [1.165, 1.54) is 12.1 Å². The monoisotopic (exact) mass is 415 g/mol. The summed E-state index contributed by atoms with van der Waals surface area (Å²) in [6, 6.07) is 7.81. The van der Waals surface area contributed by atoms with Crippen LogP contribution in [0, 0.1) is 13.8 Å². The molecule has 7 nitrogen and oxygen atoms in total. The van der Waals surface area contributed by atoms with E-state index in [9.17, 15) is 18.0 Å². The van der Waals surface area contributed by atoms with Crippen LogP contribution in [0.25, 0.3) is 11.0 Å². The highest BCUT2D eigenvalue weighted by Crippen LogP contribution is 2.36. The Labute approximate surface area is 167 Å². The topological polar surface area (TPSA) is 95.6 Å². The molecular weight excluding hydrogens is 394 g/mol. The largest absolute Gasteiger partial charge is 0.422 e. The van der Waals surface area contributed by atoms with E-state index in [-0.39, 0.29) is 39.6 Å². The van der Waals surface area contributed by atoms with Gasteiger partial charge < -0.3 is 13.2 Å².